The van der Waals surface area contributed by atoms with Gasteiger partial charge in [0.1, 0.15) is 17.8 Å². The maximum absolute atomic E-state index is 12.8. The largest absolute Gasteiger partial charge is 0.455 e. The first kappa shape index (κ1) is 27.6. The summed E-state index contributed by atoms with van der Waals surface area (Å²) in [6.07, 6.45) is 8.71. The SMILES string of the molecule is CNC(=C(C)C(=O)NCCCOC)[N+](C)=C(OC1C=CC=CC1O)C(C)Cc1ccc(Cl)cn1. The van der Waals surface area contributed by atoms with E-state index >= 15 is 0 Å². The summed E-state index contributed by atoms with van der Waals surface area (Å²) in [7, 11) is 5.23. The third-order valence-corrected chi connectivity index (χ3v) is 5.67. The number of aliphatic hydroxyl groups is 1. The highest BCUT2D eigenvalue weighted by Crippen LogP contribution is 2.18. The minimum absolute atomic E-state index is 0.119. The Labute approximate surface area is 207 Å². The van der Waals surface area contributed by atoms with E-state index in [1.54, 1.807) is 45.5 Å². The molecule has 9 heteroatoms. The van der Waals surface area contributed by atoms with Crippen molar-refractivity contribution in [1.82, 2.24) is 15.6 Å². The number of allylic oxidation sites excluding steroid dienone is 2. The van der Waals surface area contributed by atoms with Crippen LogP contribution >= 0.6 is 11.6 Å². The van der Waals surface area contributed by atoms with Crippen LogP contribution in [0.2, 0.25) is 5.02 Å². The van der Waals surface area contributed by atoms with E-state index in [1.165, 1.54) is 0 Å². The molecule has 1 amide bonds. The Morgan fingerprint density at radius 1 is 1.32 bits per heavy atom. The molecule has 0 saturated carbocycles. The molecule has 0 radical (unpaired) electrons. The molecule has 34 heavy (non-hydrogen) atoms. The summed E-state index contributed by atoms with van der Waals surface area (Å²) in [5.74, 6) is 0.891. The van der Waals surface area contributed by atoms with Crippen molar-refractivity contribution >= 4 is 23.4 Å². The van der Waals surface area contributed by atoms with Crippen LogP contribution in [-0.4, -0.2) is 73.0 Å². The molecule has 1 aliphatic carbocycles. The van der Waals surface area contributed by atoms with Crippen molar-refractivity contribution in [3.05, 3.63) is 64.7 Å². The number of nitrogens with one attached hydrogen (secondary N) is 2. The number of hydrogen-bond acceptors (Lipinski definition) is 6. The smallest absolute Gasteiger partial charge is 0.285 e. The highest BCUT2D eigenvalue weighted by Gasteiger charge is 2.29. The van der Waals surface area contributed by atoms with Crippen molar-refractivity contribution in [3.8, 4) is 0 Å². The van der Waals surface area contributed by atoms with Crippen molar-refractivity contribution in [2.24, 2.45) is 5.92 Å². The number of amides is 1. The molecule has 0 fully saturated rings. The molecule has 1 aliphatic rings. The average molecular weight is 492 g/mol. The van der Waals surface area contributed by atoms with Crippen LogP contribution in [0, 0.1) is 5.92 Å². The molecule has 1 aromatic rings. The van der Waals surface area contributed by atoms with E-state index in [-0.39, 0.29) is 11.8 Å². The highest BCUT2D eigenvalue weighted by molar-refractivity contribution is 6.30. The van der Waals surface area contributed by atoms with Crippen LogP contribution in [0.1, 0.15) is 26.0 Å². The normalized spacial score (nSPS) is 19.7. The van der Waals surface area contributed by atoms with Gasteiger partial charge in [-0.2, -0.15) is 0 Å². The van der Waals surface area contributed by atoms with Crippen molar-refractivity contribution in [3.63, 3.8) is 0 Å². The first-order chi connectivity index (χ1) is 16.3. The lowest BCUT2D eigenvalue weighted by molar-refractivity contribution is -0.465. The Kier molecular flexibility index (Phi) is 11.3. The first-order valence-electron chi connectivity index (χ1n) is 11.3. The summed E-state index contributed by atoms with van der Waals surface area (Å²) in [5, 5.41) is 17.0. The van der Waals surface area contributed by atoms with E-state index in [2.05, 4.69) is 15.6 Å². The number of pyridine rings is 1. The van der Waals surface area contributed by atoms with Gasteiger partial charge in [0.15, 0.2) is 0 Å². The molecule has 2 rings (SSSR count). The van der Waals surface area contributed by atoms with Gasteiger partial charge >= 0.3 is 0 Å². The number of nitrogens with zero attached hydrogens (tertiary/aromatic N) is 2. The number of hydrogen-bond donors (Lipinski definition) is 3. The maximum Gasteiger partial charge on any atom is 0.285 e. The molecule has 3 N–H and O–H groups in total. The predicted molar refractivity (Wildman–Crippen MR) is 134 cm³/mol. The number of aromatic nitrogens is 1. The maximum atomic E-state index is 12.8. The van der Waals surface area contributed by atoms with Crippen LogP contribution in [0.3, 0.4) is 0 Å². The van der Waals surface area contributed by atoms with E-state index in [0.717, 1.165) is 12.1 Å². The van der Waals surface area contributed by atoms with Gasteiger partial charge in [-0.05, 0) is 31.6 Å². The van der Waals surface area contributed by atoms with Crippen LogP contribution in [-0.2, 0) is 20.7 Å². The second-order valence-electron chi connectivity index (χ2n) is 8.14. The number of halogens is 1. The third-order valence-electron chi connectivity index (χ3n) is 5.45. The summed E-state index contributed by atoms with van der Waals surface area (Å²) in [4.78, 5) is 17.2. The van der Waals surface area contributed by atoms with Crippen molar-refractivity contribution in [2.45, 2.75) is 38.9 Å². The summed E-state index contributed by atoms with van der Waals surface area (Å²) in [5.41, 5.74) is 1.37. The van der Waals surface area contributed by atoms with Gasteiger partial charge in [-0.15, -0.1) is 0 Å². The Morgan fingerprint density at radius 3 is 2.68 bits per heavy atom. The average Bonchev–Trinajstić information content (AvgIpc) is 2.82. The zero-order chi connectivity index (χ0) is 25.1. The lowest BCUT2D eigenvalue weighted by Crippen LogP contribution is -2.39. The van der Waals surface area contributed by atoms with Gasteiger partial charge < -0.3 is 19.9 Å². The predicted octanol–water partition coefficient (Wildman–Crippen LogP) is 2.43. The first-order valence-corrected chi connectivity index (χ1v) is 11.7. The standard InChI is InChI=1S/C25H35ClN4O4/c1-17(15-20-12-11-19(26)16-29-20)25(34-22-10-7-6-9-21(22)31)30(4)23(27-3)18(2)24(32)28-13-8-14-33-5/h6-7,9-12,16-17,21-22,31H,8,13-15H2,1-5H3,(H-,27,28,32)/p+1. The van der Waals surface area contributed by atoms with E-state index in [9.17, 15) is 9.90 Å². The summed E-state index contributed by atoms with van der Waals surface area (Å²) in [6, 6.07) is 3.68. The molecular weight excluding hydrogens is 456 g/mol. The zero-order valence-corrected chi connectivity index (χ0v) is 21.3. The number of rotatable bonds is 11. The zero-order valence-electron chi connectivity index (χ0n) is 20.5. The summed E-state index contributed by atoms with van der Waals surface area (Å²) in [6.45, 7) is 4.87. The van der Waals surface area contributed by atoms with Crippen LogP contribution in [0.4, 0.5) is 0 Å². The van der Waals surface area contributed by atoms with E-state index < -0.39 is 12.2 Å². The number of aliphatic hydroxyl groups excluding tert-OH is 1. The number of methoxy groups -OCH3 is 1. The molecule has 3 atom stereocenters. The highest BCUT2D eigenvalue weighted by atomic mass is 35.5. The fraction of sp³-hybridized carbons (Fsp3) is 0.480. The molecular formula is C25H36ClN4O4+. The molecule has 0 aromatic carbocycles. The summed E-state index contributed by atoms with van der Waals surface area (Å²) < 4.78 is 13.2. The van der Waals surface area contributed by atoms with Gasteiger partial charge in [0.05, 0.1) is 25.0 Å². The second-order valence-corrected chi connectivity index (χ2v) is 8.58. The van der Waals surface area contributed by atoms with Gasteiger partial charge in [0.2, 0.25) is 0 Å². The van der Waals surface area contributed by atoms with Crippen molar-refractivity contribution in [1.29, 1.82) is 0 Å². The fourth-order valence-corrected chi connectivity index (χ4v) is 3.76. The van der Waals surface area contributed by atoms with Gasteiger partial charge in [-0.3, -0.25) is 15.1 Å². The van der Waals surface area contributed by atoms with Crippen LogP contribution in [0.25, 0.3) is 0 Å². The minimum Gasteiger partial charge on any atom is -0.455 e. The van der Waals surface area contributed by atoms with Gasteiger partial charge in [0, 0.05) is 38.6 Å². The Morgan fingerprint density at radius 2 is 2.06 bits per heavy atom. The van der Waals surface area contributed by atoms with Crippen molar-refractivity contribution in [2.75, 3.05) is 34.4 Å². The fourth-order valence-electron chi connectivity index (χ4n) is 3.65. The number of ether oxygens (including phenoxy) is 2. The molecule has 8 nitrogen and oxygen atoms in total. The van der Waals surface area contributed by atoms with E-state index in [4.69, 9.17) is 21.1 Å². The molecule has 186 valence electrons. The monoisotopic (exact) mass is 491 g/mol. The van der Waals surface area contributed by atoms with Crippen LogP contribution < -0.4 is 10.6 Å². The van der Waals surface area contributed by atoms with E-state index in [0.29, 0.717) is 41.9 Å². The van der Waals surface area contributed by atoms with Crippen LogP contribution in [0.5, 0.6) is 0 Å². The van der Waals surface area contributed by atoms with Crippen molar-refractivity contribution < 1.29 is 24.0 Å². The topological polar surface area (TPSA) is 95.7 Å². The lowest BCUT2D eigenvalue weighted by Gasteiger charge is -2.25. The Bertz CT molecular complexity index is 941. The quantitative estimate of drug-likeness (QED) is 0.145. The lowest BCUT2D eigenvalue weighted by atomic mass is 10.0. The molecule has 1 aromatic heterocycles. The second kappa shape index (κ2) is 13.9. The third kappa shape index (κ3) is 7.97. The molecule has 0 saturated heterocycles. The molecule has 0 spiro atoms. The molecule has 0 aliphatic heterocycles. The van der Waals surface area contributed by atoms with Gasteiger partial charge in [0.25, 0.3) is 17.6 Å². The number of carbonyl (C=O) groups excluding carboxylic acids is 1. The Hall–Kier alpha value is -2.68. The van der Waals surface area contributed by atoms with E-state index in [1.807, 2.05) is 36.8 Å². The van der Waals surface area contributed by atoms with Gasteiger partial charge in [-0.1, -0.05) is 36.8 Å². The molecule has 1 heterocycles. The van der Waals surface area contributed by atoms with Gasteiger partial charge in [-0.25, -0.2) is 4.58 Å². The molecule has 3 unspecified atom stereocenters. The van der Waals surface area contributed by atoms with Crippen LogP contribution in [0.15, 0.2) is 54.0 Å². The number of carbonyl (C=O) groups is 1. The minimum atomic E-state index is -0.776. The summed E-state index contributed by atoms with van der Waals surface area (Å²) >= 11 is 5.98. The Balaban J connectivity index is 2.38. The molecule has 0 bridgehead atoms.